The third-order valence-corrected chi connectivity index (χ3v) is 7.90. The van der Waals surface area contributed by atoms with Crippen LogP contribution in [0, 0.1) is 17.8 Å². The molecule has 4 bridgehead atoms. The Hall–Kier alpha value is -2.43. The van der Waals surface area contributed by atoms with Crippen LogP contribution in [0.2, 0.25) is 0 Å². The van der Waals surface area contributed by atoms with Gasteiger partial charge < -0.3 is 10.1 Å². The zero-order valence-corrected chi connectivity index (χ0v) is 19.3. The molecule has 5 heteroatoms. The molecule has 1 aromatic heterocycles. The Bertz CT molecular complexity index is 1010. The number of hydrogen-bond donors (Lipinski definition) is 1. The Morgan fingerprint density at radius 1 is 1.06 bits per heavy atom. The van der Waals surface area contributed by atoms with Gasteiger partial charge in [-0.15, -0.1) is 0 Å². The predicted molar refractivity (Wildman–Crippen MR) is 124 cm³/mol. The van der Waals surface area contributed by atoms with Crippen molar-refractivity contribution in [2.75, 3.05) is 6.61 Å². The highest BCUT2D eigenvalue weighted by Crippen LogP contribution is 2.55. The number of aromatic nitrogens is 1. The number of para-hydroxylation sites is 1. The molecule has 1 N–H and O–H groups in total. The number of fused-ring (bicyclic) bond motifs is 1. The van der Waals surface area contributed by atoms with Gasteiger partial charge in [-0.1, -0.05) is 38.5 Å². The minimum atomic E-state index is -0.418. The molecule has 4 fully saturated rings. The van der Waals surface area contributed by atoms with Gasteiger partial charge in [-0.2, -0.15) is 0 Å². The number of carbonyl (C=O) groups is 2. The van der Waals surface area contributed by atoms with Crippen molar-refractivity contribution in [2.45, 2.75) is 77.2 Å². The van der Waals surface area contributed by atoms with Crippen LogP contribution in [0.4, 0.5) is 0 Å². The third kappa shape index (κ3) is 3.91. The lowest BCUT2D eigenvalue weighted by atomic mass is 9.53. The molecule has 170 valence electrons. The fourth-order valence-corrected chi connectivity index (χ4v) is 7.16. The molecule has 1 amide bonds. The fourth-order valence-electron chi connectivity index (χ4n) is 7.16. The van der Waals surface area contributed by atoms with Crippen LogP contribution in [0.1, 0.15) is 80.4 Å². The highest BCUT2D eigenvalue weighted by atomic mass is 16.5. The molecular weight excluding hydrogens is 400 g/mol. The second-order valence-electron chi connectivity index (χ2n) is 10.4. The van der Waals surface area contributed by atoms with Crippen LogP contribution in [0.3, 0.4) is 0 Å². The average molecular weight is 435 g/mol. The van der Waals surface area contributed by atoms with Crippen molar-refractivity contribution < 1.29 is 14.3 Å². The molecule has 0 atom stereocenters. The number of nitrogens with one attached hydrogen (secondary N) is 1. The first-order valence-electron chi connectivity index (χ1n) is 12.4. The van der Waals surface area contributed by atoms with E-state index in [9.17, 15) is 9.59 Å². The normalized spacial score (nSPS) is 28.1. The van der Waals surface area contributed by atoms with Gasteiger partial charge in [0.25, 0.3) is 5.91 Å². The zero-order valence-electron chi connectivity index (χ0n) is 19.3. The average Bonchev–Trinajstić information content (AvgIpc) is 2.75. The molecule has 1 heterocycles. The first kappa shape index (κ1) is 21.4. The summed E-state index contributed by atoms with van der Waals surface area (Å²) in [6, 6.07) is 7.71. The molecule has 0 spiro atoms. The van der Waals surface area contributed by atoms with Crippen molar-refractivity contribution in [1.29, 1.82) is 0 Å². The number of rotatable bonds is 7. The molecule has 5 nitrogen and oxygen atoms in total. The second-order valence-corrected chi connectivity index (χ2v) is 10.4. The van der Waals surface area contributed by atoms with E-state index in [2.05, 4.69) is 12.2 Å². The molecule has 6 rings (SSSR count). The van der Waals surface area contributed by atoms with Crippen LogP contribution in [0.5, 0.6) is 0 Å². The number of carbonyl (C=O) groups excluding carboxylic acids is 2. The lowest BCUT2D eigenvalue weighted by molar-refractivity contribution is -0.130. The summed E-state index contributed by atoms with van der Waals surface area (Å²) in [5.74, 6) is 1.70. The van der Waals surface area contributed by atoms with Gasteiger partial charge in [-0.3, -0.25) is 9.78 Å². The van der Waals surface area contributed by atoms with E-state index in [0.717, 1.165) is 72.0 Å². The Morgan fingerprint density at radius 2 is 1.72 bits per heavy atom. The van der Waals surface area contributed by atoms with Crippen LogP contribution in [-0.4, -0.2) is 29.0 Å². The van der Waals surface area contributed by atoms with Crippen molar-refractivity contribution in [3.63, 3.8) is 0 Å². The number of esters is 1. The number of nitrogens with zero attached hydrogens (tertiary/aromatic N) is 1. The van der Waals surface area contributed by atoms with E-state index in [1.807, 2.05) is 31.2 Å². The molecule has 0 aliphatic heterocycles. The summed E-state index contributed by atoms with van der Waals surface area (Å²) in [7, 11) is 0. The van der Waals surface area contributed by atoms with E-state index < -0.39 is 5.97 Å². The predicted octanol–water partition coefficient (Wildman–Crippen LogP) is 4.99. The number of amides is 1. The second kappa shape index (κ2) is 8.49. The van der Waals surface area contributed by atoms with Crippen LogP contribution in [0.15, 0.2) is 24.3 Å². The Labute approximate surface area is 190 Å². The largest absolute Gasteiger partial charge is 0.452 e. The Kier molecular flexibility index (Phi) is 5.68. The first-order chi connectivity index (χ1) is 15.5. The molecule has 1 aromatic carbocycles. The van der Waals surface area contributed by atoms with Crippen LogP contribution >= 0.6 is 0 Å². The highest BCUT2D eigenvalue weighted by Gasteiger charge is 2.51. The number of hydrogen-bond acceptors (Lipinski definition) is 4. The maximum absolute atomic E-state index is 13.2. The SMILES string of the molecule is CCCc1nc2ccccc2c(C(=O)OCC(=O)NC23CC4CC(CC(C4)C2)C3)c1CC. The number of ether oxygens (including phenoxy) is 1. The van der Waals surface area contributed by atoms with Gasteiger partial charge in [0.15, 0.2) is 6.61 Å². The quantitative estimate of drug-likeness (QED) is 0.623. The topological polar surface area (TPSA) is 68.3 Å². The summed E-state index contributed by atoms with van der Waals surface area (Å²) in [4.78, 5) is 30.9. The van der Waals surface area contributed by atoms with E-state index in [1.54, 1.807) is 0 Å². The minimum absolute atomic E-state index is 0.0650. The zero-order chi connectivity index (χ0) is 22.3. The van der Waals surface area contributed by atoms with Gasteiger partial charge in [0.2, 0.25) is 0 Å². The van der Waals surface area contributed by atoms with E-state index in [1.165, 1.54) is 19.3 Å². The smallest absolute Gasteiger partial charge is 0.339 e. The maximum atomic E-state index is 13.2. The highest BCUT2D eigenvalue weighted by molar-refractivity contribution is 6.05. The lowest BCUT2D eigenvalue weighted by Gasteiger charge is -2.56. The molecule has 2 aromatic rings. The number of pyridine rings is 1. The first-order valence-corrected chi connectivity index (χ1v) is 12.4. The summed E-state index contributed by atoms with van der Waals surface area (Å²) in [6.07, 6.45) is 9.76. The summed E-state index contributed by atoms with van der Waals surface area (Å²) in [5.41, 5.74) is 3.21. The third-order valence-electron chi connectivity index (χ3n) is 7.90. The maximum Gasteiger partial charge on any atom is 0.339 e. The monoisotopic (exact) mass is 434 g/mol. The summed E-state index contributed by atoms with van der Waals surface area (Å²) in [6.45, 7) is 3.94. The summed E-state index contributed by atoms with van der Waals surface area (Å²) in [5, 5.41) is 4.10. The number of benzene rings is 1. The molecule has 0 unspecified atom stereocenters. The van der Waals surface area contributed by atoms with Gasteiger partial charge >= 0.3 is 5.97 Å². The van der Waals surface area contributed by atoms with Crippen molar-refractivity contribution in [3.8, 4) is 0 Å². The lowest BCUT2D eigenvalue weighted by Crippen LogP contribution is -2.60. The van der Waals surface area contributed by atoms with E-state index in [0.29, 0.717) is 12.0 Å². The van der Waals surface area contributed by atoms with Gasteiger partial charge in [-0.25, -0.2) is 4.79 Å². The van der Waals surface area contributed by atoms with Crippen LogP contribution in [-0.2, 0) is 22.4 Å². The molecular formula is C27H34N2O3. The van der Waals surface area contributed by atoms with Gasteiger partial charge in [0, 0.05) is 16.6 Å². The summed E-state index contributed by atoms with van der Waals surface area (Å²) >= 11 is 0. The van der Waals surface area contributed by atoms with Crippen molar-refractivity contribution >= 4 is 22.8 Å². The fraction of sp³-hybridized carbons (Fsp3) is 0.593. The number of aryl methyl sites for hydroxylation is 1. The van der Waals surface area contributed by atoms with Gasteiger partial charge in [-0.05, 0) is 80.8 Å². The van der Waals surface area contributed by atoms with E-state index in [-0.39, 0.29) is 18.1 Å². The van der Waals surface area contributed by atoms with Gasteiger partial charge in [0.1, 0.15) is 0 Å². The molecule has 0 radical (unpaired) electrons. The molecule has 0 saturated heterocycles. The van der Waals surface area contributed by atoms with Crippen molar-refractivity contribution in [3.05, 3.63) is 41.1 Å². The van der Waals surface area contributed by atoms with Crippen molar-refractivity contribution in [2.24, 2.45) is 17.8 Å². The van der Waals surface area contributed by atoms with E-state index >= 15 is 0 Å². The Balaban J connectivity index is 1.32. The molecule has 32 heavy (non-hydrogen) atoms. The van der Waals surface area contributed by atoms with Crippen molar-refractivity contribution in [1.82, 2.24) is 10.3 Å². The Morgan fingerprint density at radius 3 is 2.34 bits per heavy atom. The minimum Gasteiger partial charge on any atom is -0.452 e. The van der Waals surface area contributed by atoms with Crippen LogP contribution in [0.25, 0.3) is 10.9 Å². The molecule has 4 aliphatic rings. The molecule has 4 saturated carbocycles. The van der Waals surface area contributed by atoms with Gasteiger partial charge in [0.05, 0.1) is 11.1 Å². The van der Waals surface area contributed by atoms with Crippen LogP contribution < -0.4 is 5.32 Å². The summed E-state index contributed by atoms with van der Waals surface area (Å²) < 4.78 is 5.61. The molecule has 4 aliphatic carbocycles. The standard InChI is InChI=1S/C27H34N2O3/c1-3-7-22-20(4-2)25(21-8-5-6-9-23(21)28-22)26(31)32-16-24(30)29-27-13-17-10-18(14-27)12-19(11-17)15-27/h5-6,8-9,17-19H,3-4,7,10-16H2,1-2H3,(H,29,30). The van der Waals surface area contributed by atoms with E-state index in [4.69, 9.17) is 9.72 Å².